The molecule has 4 rings (SSSR count). The van der Waals surface area contributed by atoms with Gasteiger partial charge in [0.05, 0.1) is 17.6 Å². The van der Waals surface area contributed by atoms with E-state index < -0.39 is 0 Å². The van der Waals surface area contributed by atoms with Gasteiger partial charge >= 0.3 is 0 Å². The van der Waals surface area contributed by atoms with Crippen LogP contribution in [0, 0.1) is 0 Å². The molecule has 4 heteroatoms. The van der Waals surface area contributed by atoms with Crippen molar-refractivity contribution >= 4 is 33.6 Å². The first-order valence-electron chi connectivity index (χ1n) is 8.55. The van der Waals surface area contributed by atoms with E-state index in [9.17, 15) is 0 Å². The average molecular weight is 348 g/mol. The number of nitrogens with zero attached hydrogens (tertiary/aromatic N) is 2. The number of aromatic nitrogens is 2. The molecular formula is C21H20N2OS. The fourth-order valence-electron chi connectivity index (χ4n) is 3.08. The highest BCUT2D eigenvalue weighted by Gasteiger charge is 2.10. The molecule has 0 aliphatic rings. The molecule has 25 heavy (non-hydrogen) atoms. The van der Waals surface area contributed by atoms with Gasteiger partial charge < -0.3 is 9.30 Å². The molecule has 0 fully saturated rings. The minimum absolute atomic E-state index is 0.617. The largest absolute Gasteiger partial charge is 0.491 e. The second-order valence-electron chi connectivity index (χ2n) is 5.79. The zero-order chi connectivity index (χ0) is 17.1. The van der Waals surface area contributed by atoms with Gasteiger partial charge in [-0.05, 0) is 29.3 Å². The van der Waals surface area contributed by atoms with E-state index in [0.717, 1.165) is 34.1 Å². The molecule has 0 aliphatic carbocycles. The molecule has 1 aromatic heterocycles. The number of para-hydroxylation sites is 2. The van der Waals surface area contributed by atoms with E-state index in [1.54, 1.807) is 11.8 Å². The topological polar surface area (TPSA) is 27.1 Å². The molecule has 0 radical (unpaired) electrons. The number of ether oxygens (including phenoxy) is 1. The van der Waals surface area contributed by atoms with Gasteiger partial charge in [-0.15, -0.1) is 0 Å². The zero-order valence-electron chi connectivity index (χ0n) is 14.2. The summed E-state index contributed by atoms with van der Waals surface area (Å²) in [4.78, 5) is 4.75. The molecule has 4 aromatic rings. The fourth-order valence-corrected chi connectivity index (χ4v) is 3.84. The van der Waals surface area contributed by atoms with Crippen LogP contribution in [0.2, 0.25) is 0 Å². The van der Waals surface area contributed by atoms with E-state index in [4.69, 9.17) is 9.72 Å². The van der Waals surface area contributed by atoms with Crippen molar-refractivity contribution in [3.05, 3.63) is 66.7 Å². The van der Waals surface area contributed by atoms with Crippen molar-refractivity contribution in [2.75, 3.05) is 12.4 Å². The maximum absolute atomic E-state index is 6.12. The molecule has 0 bridgehead atoms. The van der Waals surface area contributed by atoms with Crippen molar-refractivity contribution in [2.45, 2.75) is 18.6 Å². The summed E-state index contributed by atoms with van der Waals surface area (Å²) in [5, 5.41) is 3.42. The van der Waals surface area contributed by atoms with Crippen molar-refractivity contribution in [1.82, 2.24) is 9.55 Å². The van der Waals surface area contributed by atoms with E-state index in [1.807, 2.05) is 18.2 Å². The first-order valence-corrected chi connectivity index (χ1v) is 9.54. The SMILES string of the molecule is CCSc1nc2ccccc2n1CCOc1cccc2ccccc12. The first-order chi connectivity index (χ1) is 12.4. The van der Waals surface area contributed by atoms with Crippen molar-refractivity contribution in [2.24, 2.45) is 0 Å². The van der Waals surface area contributed by atoms with Crippen LogP contribution in [0.5, 0.6) is 5.75 Å². The molecule has 0 N–H and O–H groups in total. The predicted octanol–water partition coefficient (Wildman–Crippen LogP) is 5.38. The molecule has 3 aromatic carbocycles. The molecule has 3 nitrogen and oxygen atoms in total. The number of hydrogen-bond donors (Lipinski definition) is 0. The minimum Gasteiger partial charge on any atom is -0.491 e. The molecule has 0 spiro atoms. The van der Waals surface area contributed by atoms with E-state index in [2.05, 4.69) is 60.0 Å². The number of hydrogen-bond acceptors (Lipinski definition) is 3. The molecule has 126 valence electrons. The van der Waals surface area contributed by atoms with Gasteiger partial charge in [-0.1, -0.05) is 67.2 Å². The molecule has 0 saturated heterocycles. The summed E-state index contributed by atoms with van der Waals surface area (Å²) in [5.41, 5.74) is 2.21. The second-order valence-corrected chi connectivity index (χ2v) is 7.02. The highest BCUT2D eigenvalue weighted by Crippen LogP contribution is 2.26. The highest BCUT2D eigenvalue weighted by molar-refractivity contribution is 7.99. The standard InChI is InChI=1S/C21H20N2OS/c1-2-25-21-22-18-11-5-6-12-19(18)23(21)14-15-24-20-13-7-9-16-8-3-4-10-17(16)20/h3-13H,2,14-15H2,1H3. The Morgan fingerprint density at radius 3 is 2.68 bits per heavy atom. The molecule has 0 saturated carbocycles. The Labute approximate surface area is 151 Å². The monoisotopic (exact) mass is 348 g/mol. The van der Waals surface area contributed by atoms with E-state index in [0.29, 0.717) is 6.61 Å². The Morgan fingerprint density at radius 2 is 1.76 bits per heavy atom. The van der Waals surface area contributed by atoms with Crippen molar-refractivity contribution in [3.63, 3.8) is 0 Å². The number of rotatable bonds is 6. The van der Waals surface area contributed by atoms with Crippen LogP contribution in [0.1, 0.15) is 6.92 Å². The summed E-state index contributed by atoms with van der Waals surface area (Å²) in [6.07, 6.45) is 0. The highest BCUT2D eigenvalue weighted by atomic mass is 32.2. The molecule has 0 amide bonds. The van der Waals surface area contributed by atoms with Crippen LogP contribution >= 0.6 is 11.8 Å². The number of thioether (sulfide) groups is 1. The van der Waals surface area contributed by atoms with Crippen LogP contribution in [-0.4, -0.2) is 21.9 Å². The van der Waals surface area contributed by atoms with Crippen molar-refractivity contribution < 1.29 is 4.74 Å². The maximum Gasteiger partial charge on any atom is 0.169 e. The summed E-state index contributed by atoms with van der Waals surface area (Å²) in [6, 6.07) is 22.8. The lowest BCUT2D eigenvalue weighted by molar-refractivity contribution is 0.299. The number of benzene rings is 3. The molecule has 1 heterocycles. The molecular weight excluding hydrogens is 328 g/mol. The van der Waals surface area contributed by atoms with Crippen LogP contribution < -0.4 is 4.74 Å². The Morgan fingerprint density at radius 1 is 0.960 bits per heavy atom. The molecule has 0 atom stereocenters. The number of imidazole rings is 1. The van der Waals surface area contributed by atoms with Gasteiger partial charge in [0.1, 0.15) is 12.4 Å². The van der Waals surface area contributed by atoms with Gasteiger partial charge in [0.25, 0.3) is 0 Å². The summed E-state index contributed by atoms with van der Waals surface area (Å²) in [6.45, 7) is 3.55. The predicted molar refractivity (Wildman–Crippen MR) is 106 cm³/mol. The summed E-state index contributed by atoms with van der Waals surface area (Å²) >= 11 is 1.77. The summed E-state index contributed by atoms with van der Waals surface area (Å²) < 4.78 is 8.38. The zero-order valence-corrected chi connectivity index (χ0v) is 15.0. The second kappa shape index (κ2) is 7.19. The third-order valence-electron chi connectivity index (χ3n) is 4.22. The van der Waals surface area contributed by atoms with Gasteiger partial charge in [-0.3, -0.25) is 0 Å². The normalized spacial score (nSPS) is 11.2. The lowest BCUT2D eigenvalue weighted by atomic mass is 10.1. The lowest BCUT2D eigenvalue weighted by Gasteiger charge is -2.12. The Balaban J connectivity index is 1.57. The first kappa shape index (κ1) is 16.0. The molecule has 0 aliphatic heterocycles. The van der Waals surface area contributed by atoms with Crippen LogP contribution in [0.15, 0.2) is 71.9 Å². The Hall–Kier alpha value is -2.46. The third kappa shape index (κ3) is 3.22. The van der Waals surface area contributed by atoms with Crippen LogP contribution in [0.25, 0.3) is 21.8 Å². The van der Waals surface area contributed by atoms with Crippen molar-refractivity contribution in [1.29, 1.82) is 0 Å². The van der Waals surface area contributed by atoms with Crippen LogP contribution in [0.3, 0.4) is 0 Å². The smallest absolute Gasteiger partial charge is 0.169 e. The van der Waals surface area contributed by atoms with E-state index >= 15 is 0 Å². The Kier molecular flexibility index (Phi) is 4.61. The van der Waals surface area contributed by atoms with Crippen LogP contribution in [-0.2, 0) is 6.54 Å². The average Bonchev–Trinajstić information content (AvgIpc) is 3.00. The Bertz CT molecular complexity index is 1000. The fraction of sp³-hybridized carbons (Fsp3) is 0.190. The van der Waals surface area contributed by atoms with Crippen LogP contribution in [0.4, 0.5) is 0 Å². The van der Waals surface area contributed by atoms with Gasteiger partial charge in [-0.2, -0.15) is 0 Å². The third-order valence-corrected chi connectivity index (χ3v) is 5.07. The van der Waals surface area contributed by atoms with Crippen molar-refractivity contribution in [3.8, 4) is 5.75 Å². The summed E-state index contributed by atoms with van der Waals surface area (Å²) in [7, 11) is 0. The minimum atomic E-state index is 0.617. The quantitative estimate of drug-likeness (QED) is 0.438. The van der Waals surface area contributed by atoms with Gasteiger partial charge in [0, 0.05) is 5.39 Å². The maximum atomic E-state index is 6.12. The number of fused-ring (bicyclic) bond motifs is 2. The summed E-state index contributed by atoms with van der Waals surface area (Å²) in [5.74, 6) is 1.94. The van der Waals surface area contributed by atoms with E-state index in [-0.39, 0.29) is 0 Å². The van der Waals surface area contributed by atoms with E-state index in [1.165, 1.54) is 10.9 Å². The lowest BCUT2D eigenvalue weighted by Crippen LogP contribution is -2.09. The van der Waals surface area contributed by atoms with Gasteiger partial charge in [0.15, 0.2) is 5.16 Å². The van der Waals surface area contributed by atoms with Gasteiger partial charge in [-0.25, -0.2) is 4.98 Å². The molecule has 0 unspecified atom stereocenters. The van der Waals surface area contributed by atoms with Gasteiger partial charge in [0.2, 0.25) is 0 Å².